The van der Waals surface area contributed by atoms with Crippen LogP contribution >= 0.6 is 0 Å². The molecule has 9 nitrogen and oxygen atoms in total. The zero-order chi connectivity index (χ0) is 23.2. The van der Waals surface area contributed by atoms with Crippen LogP contribution in [0.4, 0.5) is 30.6 Å². The molecule has 12 heteroatoms. The van der Waals surface area contributed by atoms with Gasteiger partial charge in [-0.1, -0.05) is 6.07 Å². The summed E-state index contributed by atoms with van der Waals surface area (Å²) in [5, 5.41) is 14.6. The van der Waals surface area contributed by atoms with Crippen molar-refractivity contribution in [3.05, 3.63) is 35.4 Å². The maximum Gasteiger partial charge on any atom is 0.416 e. The zero-order valence-corrected chi connectivity index (χ0v) is 17.1. The van der Waals surface area contributed by atoms with Crippen LogP contribution in [0.15, 0.2) is 24.3 Å². The Morgan fingerprint density at radius 3 is 2.68 bits per heavy atom. The Morgan fingerprint density at radius 1 is 1.35 bits per heavy atom. The number of carbonyl (C=O) groups is 1. The van der Waals surface area contributed by atoms with E-state index in [1.54, 1.807) is 0 Å². The zero-order valence-electron chi connectivity index (χ0n) is 17.1. The molecule has 4 N–H and O–H groups in total. The number of hydrogen-bond acceptors (Lipinski definition) is 8. The molecule has 31 heavy (non-hydrogen) atoms. The molecule has 2 rings (SSSR count). The van der Waals surface area contributed by atoms with Gasteiger partial charge in [-0.05, 0) is 39.2 Å². The summed E-state index contributed by atoms with van der Waals surface area (Å²) < 4.78 is 44.1. The highest BCUT2D eigenvalue weighted by atomic mass is 19.4. The van der Waals surface area contributed by atoms with Gasteiger partial charge in [0.1, 0.15) is 18.7 Å². The lowest BCUT2D eigenvalue weighted by Crippen LogP contribution is -2.32. The Hall–Kier alpha value is -3.59. The molecule has 1 aromatic heterocycles. The van der Waals surface area contributed by atoms with Crippen LogP contribution in [0.25, 0.3) is 0 Å². The number of amides is 1. The molecular formula is C19H22F3N7O2. The molecule has 0 saturated carbocycles. The Kier molecular flexibility index (Phi) is 7.60. The highest BCUT2D eigenvalue weighted by molar-refractivity contribution is 5.96. The van der Waals surface area contributed by atoms with Crippen LogP contribution in [-0.2, 0) is 11.0 Å². The maximum atomic E-state index is 12.9. The molecule has 1 amide bonds. The molecule has 166 valence electrons. The van der Waals surface area contributed by atoms with Gasteiger partial charge in [0.2, 0.25) is 17.7 Å². The van der Waals surface area contributed by atoms with Crippen LogP contribution in [0, 0.1) is 11.3 Å². The number of alkyl halides is 3. The SMILES string of the molecule is C[C@H](Nc1cccc(C(F)(F)F)c1)C(=O)Nc1nc(N)nc(OCCN(C)C)c1C#N. The van der Waals surface area contributed by atoms with E-state index >= 15 is 0 Å². The molecule has 0 unspecified atom stereocenters. The minimum absolute atomic E-state index is 0.0781. The van der Waals surface area contributed by atoms with Crippen molar-refractivity contribution in [1.82, 2.24) is 14.9 Å². The number of nitriles is 1. The summed E-state index contributed by atoms with van der Waals surface area (Å²) in [7, 11) is 3.68. The second-order valence-corrected chi connectivity index (χ2v) is 6.81. The van der Waals surface area contributed by atoms with Crippen LogP contribution in [-0.4, -0.2) is 54.1 Å². The van der Waals surface area contributed by atoms with Gasteiger partial charge in [-0.25, -0.2) is 0 Å². The van der Waals surface area contributed by atoms with Crippen LogP contribution < -0.4 is 21.1 Å². The molecule has 0 radical (unpaired) electrons. The number of halogens is 3. The smallest absolute Gasteiger partial charge is 0.416 e. The van der Waals surface area contributed by atoms with E-state index in [1.165, 1.54) is 19.1 Å². The van der Waals surface area contributed by atoms with Crippen LogP contribution in [0.5, 0.6) is 5.88 Å². The van der Waals surface area contributed by atoms with Crippen molar-refractivity contribution in [3.8, 4) is 11.9 Å². The summed E-state index contributed by atoms with van der Waals surface area (Å²) in [6, 6.07) is 5.36. The lowest BCUT2D eigenvalue weighted by molar-refractivity contribution is -0.137. The summed E-state index contributed by atoms with van der Waals surface area (Å²) in [4.78, 5) is 22.2. The van der Waals surface area contributed by atoms with E-state index in [9.17, 15) is 23.2 Å². The standard InChI is InChI=1S/C19H22F3N7O2/c1-11(25-13-6-4-5-12(9-13)19(20,21)22)16(30)26-15-14(10-23)17(28-18(24)27-15)31-8-7-29(2)3/h4-6,9,11,25H,7-8H2,1-3H3,(H3,24,26,27,28,30)/t11-/m0/s1. The Labute approximate surface area is 177 Å². The van der Waals surface area contributed by atoms with Crippen LogP contribution in [0.2, 0.25) is 0 Å². The van der Waals surface area contributed by atoms with E-state index in [0.717, 1.165) is 12.1 Å². The minimum Gasteiger partial charge on any atom is -0.475 e. The molecule has 0 aliphatic heterocycles. The molecular weight excluding hydrogens is 415 g/mol. The number of carbonyl (C=O) groups excluding carboxylic acids is 1. The highest BCUT2D eigenvalue weighted by Crippen LogP contribution is 2.31. The van der Waals surface area contributed by atoms with E-state index in [2.05, 4.69) is 20.6 Å². The molecule has 2 aromatic rings. The molecule has 1 heterocycles. The van der Waals surface area contributed by atoms with E-state index in [1.807, 2.05) is 25.1 Å². The predicted molar refractivity (Wildman–Crippen MR) is 108 cm³/mol. The summed E-state index contributed by atoms with van der Waals surface area (Å²) >= 11 is 0. The topological polar surface area (TPSA) is 129 Å². The van der Waals surface area contributed by atoms with Crippen molar-refractivity contribution in [3.63, 3.8) is 0 Å². The molecule has 0 saturated heterocycles. The first kappa shape index (κ1) is 23.7. The first-order valence-electron chi connectivity index (χ1n) is 9.11. The maximum absolute atomic E-state index is 12.9. The Balaban J connectivity index is 2.15. The third kappa shape index (κ3) is 6.71. The van der Waals surface area contributed by atoms with Crippen molar-refractivity contribution in [2.24, 2.45) is 0 Å². The third-order valence-corrected chi connectivity index (χ3v) is 3.99. The Morgan fingerprint density at radius 2 is 2.06 bits per heavy atom. The van der Waals surface area contributed by atoms with Gasteiger partial charge in [0.25, 0.3) is 0 Å². The van der Waals surface area contributed by atoms with Crippen molar-refractivity contribution in [2.75, 3.05) is 43.6 Å². The number of hydrogen-bond donors (Lipinski definition) is 3. The average molecular weight is 437 g/mol. The number of rotatable bonds is 8. The van der Waals surface area contributed by atoms with Crippen molar-refractivity contribution >= 4 is 23.4 Å². The number of anilines is 3. The molecule has 0 fully saturated rings. The second-order valence-electron chi connectivity index (χ2n) is 6.81. The second kappa shape index (κ2) is 9.94. The lowest BCUT2D eigenvalue weighted by Gasteiger charge is -2.17. The van der Waals surface area contributed by atoms with Gasteiger partial charge < -0.3 is 26.0 Å². The normalized spacial score (nSPS) is 12.2. The number of likely N-dealkylation sites (N-methyl/N-ethyl adjacent to an activating group) is 1. The highest BCUT2D eigenvalue weighted by Gasteiger charge is 2.30. The van der Waals surface area contributed by atoms with Crippen molar-refractivity contribution in [2.45, 2.75) is 19.1 Å². The lowest BCUT2D eigenvalue weighted by atomic mass is 10.2. The first-order chi connectivity index (χ1) is 14.5. The van der Waals surface area contributed by atoms with Gasteiger partial charge in [0.15, 0.2) is 11.4 Å². The van der Waals surface area contributed by atoms with Gasteiger partial charge in [-0.3, -0.25) is 4.79 Å². The largest absolute Gasteiger partial charge is 0.475 e. The summed E-state index contributed by atoms with van der Waals surface area (Å²) in [5.74, 6) is -1.10. The van der Waals surface area contributed by atoms with E-state index < -0.39 is 23.7 Å². The molecule has 0 aliphatic rings. The Bertz CT molecular complexity index is 974. The number of ether oxygens (including phenoxy) is 1. The molecule has 1 aromatic carbocycles. The minimum atomic E-state index is -4.51. The van der Waals surface area contributed by atoms with Crippen molar-refractivity contribution in [1.29, 1.82) is 5.26 Å². The third-order valence-electron chi connectivity index (χ3n) is 3.99. The van der Waals surface area contributed by atoms with E-state index in [0.29, 0.717) is 6.54 Å². The molecule has 0 spiro atoms. The fraction of sp³-hybridized carbons (Fsp3) is 0.368. The van der Waals surface area contributed by atoms with Gasteiger partial charge in [0.05, 0.1) is 5.56 Å². The summed E-state index contributed by atoms with van der Waals surface area (Å²) in [5.41, 5.74) is 4.79. The van der Waals surface area contributed by atoms with Gasteiger partial charge in [0, 0.05) is 12.2 Å². The fourth-order valence-electron chi connectivity index (χ4n) is 2.40. The number of aromatic nitrogens is 2. The summed E-state index contributed by atoms with van der Waals surface area (Å²) in [6.07, 6.45) is -4.51. The van der Waals surface area contributed by atoms with Gasteiger partial charge in [-0.2, -0.15) is 28.4 Å². The summed E-state index contributed by atoms with van der Waals surface area (Å²) in [6.45, 7) is 2.22. The molecule has 0 bridgehead atoms. The molecule has 0 aliphatic carbocycles. The molecule has 1 atom stereocenters. The first-order valence-corrected chi connectivity index (χ1v) is 9.11. The van der Waals surface area contributed by atoms with Gasteiger partial charge >= 0.3 is 6.18 Å². The number of benzene rings is 1. The van der Waals surface area contributed by atoms with E-state index in [4.69, 9.17) is 10.5 Å². The number of nitrogen functional groups attached to an aromatic ring is 1. The quantitative estimate of drug-likeness (QED) is 0.574. The average Bonchev–Trinajstić information content (AvgIpc) is 2.67. The number of nitrogens with zero attached hydrogens (tertiary/aromatic N) is 4. The fourth-order valence-corrected chi connectivity index (χ4v) is 2.40. The van der Waals surface area contributed by atoms with Crippen molar-refractivity contribution < 1.29 is 22.7 Å². The number of nitrogens with two attached hydrogens (primary N) is 1. The number of nitrogens with one attached hydrogen (secondary N) is 2. The van der Waals surface area contributed by atoms with Crippen LogP contribution in [0.3, 0.4) is 0 Å². The monoisotopic (exact) mass is 437 g/mol. The predicted octanol–water partition coefficient (Wildman–Crippen LogP) is 2.33. The van der Waals surface area contributed by atoms with E-state index in [-0.39, 0.29) is 35.5 Å². The van der Waals surface area contributed by atoms with Crippen LogP contribution in [0.1, 0.15) is 18.1 Å². The van der Waals surface area contributed by atoms with Gasteiger partial charge in [-0.15, -0.1) is 0 Å².